The molecular formula is C32H40O11. The van der Waals surface area contributed by atoms with Crippen molar-refractivity contribution >= 4 is 23.9 Å². The van der Waals surface area contributed by atoms with E-state index in [-0.39, 0.29) is 30.6 Å². The van der Waals surface area contributed by atoms with Gasteiger partial charge in [0.2, 0.25) is 0 Å². The number of aliphatic hydroxyl groups is 2. The highest BCUT2D eigenvalue weighted by Crippen LogP contribution is 2.65. The van der Waals surface area contributed by atoms with E-state index < -0.39 is 82.2 Å². The molecule has 5 rings (SSSR count). The molecule has 1 aliphatic heterocycles. The van der Waals surface area contributed by atoms with Gasteiger partial charge in [-0.05, 0) is 42.5 Å². The largest absolute Gasteiger partial charge is 0.508 e. The average molecular weight is 601 g/mol. The predicted molar refractivity (Wildman–Crippen MR) is 150 cm³/mol. The Labute approximate surface area is 250 Å². The summed E-state index contributed by atoms with van der Waals surface area (Å²) in [4.78, 5) is 54.0. The van der Waals surface area contributed by atoms with Crippen LogP contribution in [0, 0.1) is 22.7 Å². The third kappa shape index (κ3) is 4.34. The normalized spacial score (nSPS) is 39.6. The number of benzene rings is 1. The van der Waals surface area contributed by atoms with E-state index >= 15 is 0 Å². The van der Waals surface area contributed by atoms with Gasteiger partial charge < -0.3 is 33.9 Å². The molecule has 1 heterocycles. The summed E-state index contributed by atoms with van der Waals surface area (Å²) >= 11 is 0. The van der Waals surface area contributed by atoms with Crippen LogP contribution in [-0.2, 0) is 33.3 Å². The van der Waals surface area contributed by atoms with Crippen molar-refractivity contribution in [1.29, 1.82) is 0 Å². The van der Waals surface area contributed by atoms with E-state index in [1.165, 1.54) is 6.92 Å². The first kappa shape index (κ1) is 31.2. The molecule has 234 valence electrons. The maximum atomic E-state index is 15.0. The lowest BCUT2D eigenvalue weighted by molar-refractivity contribution is -0.338. The molecule has 11 nitrogen and oxygen atoms in total. The van der Waals surface area contributed by atoms with E-state index in [9.17, 15) is 29.4 Å². The average Bonchev–Trinajstić information content (AvgIpc) is 2.95. The van der Waals surface area contributed by atoms with E-state index in [1.54, 1.807) is 58.0 Å². The van der Waals surface area contributed by atoms with Crippen molar-refractivity contribution in [1.82, 2.24) is 0 Å². The second-order valence-corrected chi connectivity index (χ2v) is 13.1. The number of hydrogen-bond acceptors (Lipinski definition) is 11. The van der Waals surface area contributed by atoms with Crippen LogP contribution in [0.5, 0.6) is 0 Å². The van der Waals surface area contributed by atoms with Gasteiger partial charge in [-0.15, -0.1) is 0 Å². The standard InChI is InChI=1S/C32H40O11/c1-16-13-21-31(15-40-21,43-28(37)39-7)24-26(42-27(36)19-11-9-8-10-12-19)32(38)14-20(34)17(2)22(29(32,4)5)23(41-18(3)33)25(35)30(16,24)6/h8-12,16,20-21,23-24,26,34,38H,13-15H2,1-7H3. The number of ether oxygens (including phenoxy) is 5. The number of carbonyl (C=O) groups excluding carboxylic acids is 4. The summed E-state index contributed by atoms with van der Waals surface area (Å²) in [5.74, 6) is -3.68. The third-order valence-electron chi connectivity index (χ3n) is 10.8. The molecule has 0 amide bonds. The summed E-state index contributed by atoms with van der Waals surface area (Å²) < 4.78 is 28.8. The van der Waals surface area contributed by atoms with Gasteiger partial charge in [-0.2, -0.15) is 0 Å². The van der Waals surface area contributed by atoms with Gasteiger partial charge in [0, 0.05) is 24.2 Å². The van der Waals surface area contributed by atoms with Crippen LogP contribution < -0.4 is 0 Å². The summed E-state index contributed by atoms with van der Waals surface area (Å²) in [6.45, 7) is 9.51. The van der Waals surface area contributed by atoms with Crippen molar-refractivity contribution in [3.05, 3.63) is 47.0 Å². The molecule has 2 bridgehead atoms. The minimum atomic E-state index is -2.04. The van der Waals surface area contributed by atoms with E-state index in [4.69, 9.17) is 23.7 Å². The highest BCUT2D eigenvalue weighted by atomic mass is 16.8. The highest BCUT2D eigenvalue weighted by Gasteiger charge is 2.77. The van der Waals surface area contributed by atoms with Gasteiger partial charge >= 0.3 is 18.1 Å². The number of methoxy groups -OCH3 is 1. The zero-order valence-corrected chi connectivity index (χ0v) is 25.5. The Balaban J connectivity index is 1.84. The molecule has 0 aromatic heterocycles. The SMILES string of the molecule is COC(=O)OC12COC1CC(C)C1(C)C(=O)C(OC(C)=O)C3=C(C)C(O)CC(O)(C(OC(=O)c4ccccc4)C21)C3(C)C. The lowest BCUT2D eigenvalue weighted by Crippen LogP contribution is -2.80. The summed E-state index contributed by atoms with van der Waals surface area (Å²) in [5, 5.41) is 24.3. The van der Waals surface area contributed by atoms with E-state index in [0.717, 1.165) is 7.11 Å². The summed E-state index contributed by atoms with van der Waals surface area (Å²) in [6.07, 6.45) is -5.98. The Hall–Kier alpha value is -3.28. The lowest BCUT2D eigenvalue weighted by atomic mass is 9.43. The molecular weight excluding hydrogens is 560 g/mol. The molecule has 2 N–H and O–H groups in total. The molecule has 9 unspecified atom stereocenters. The van der Waals surface area contributed by atoms with Crippen molar-refractivity contribution in [3.8, 4) is 0 Å². The highest BCUT2D eigenvalue weighted by molar-refractivity contribution is 5.95. The monoisotopic (exact) mass is 600 g/mol. The quantitative estimate of drug-likeness (QED) is 0.297. The van der Waals surface area contributed by atoms with Gasteiger partial charge in [-0.3, -0.25) is 9.59 Å². The zero-order valence-electron chi connectivity index (χ0n) is 25.5. The molecule has 4 aliphatic rings. The molecule has 0 spiro atoms. The number of ketones is 1. The molecule has 11 heteroatoms. The fourth-order valence-electron chi connectivity index (χ4n) is 8.13. The first-order valence-corrected chi connectivity index (χ1v) is 14.5. The van der Waals surface area contributed by atoms with Crippen molar-refractivity contribution < 1.29 is 53.1 Å². The molecule has 43 heavy (non-hydrogen) atoms. The Morgan fingerprint density at radius 3 is 2.28 bits per heavy atom. The molecule has 1 aromatic rings. The van der Waals surface area contributed by atoms with Gasteiger partial charge in [-0.1, -0.05) is 45.9 Å². The van der Waals surface area contributed by atoms with E-state index in [1.807, 2.05) is 6.92 Å². The Kier molecular flexibility index (Phi) is 7.55. The van der Waals surface area contributed by atoms with Gasteiger partial charge in [0.15, 0.2) is 17.5 Å². The van der Waals surface area contributed by atoms with Crippen LogP contribution in [0.1, 0.15) is 64.7 Å². The number of hydrogen-bond donors (Lipinski definition) is 2. The molecule has 0 radical (unpaired) electrons. The van der Waals surface area contributed by atoms with Crippen LogP contribution in [0.4, 0.5) is 4.79 Å². The van der Waals surface area contributed by atoms with Gasteiger partial charge in [0.05, 0.1) is 31.3 Å². The predicted octanol–water partition coefficient (Wildman–Crippen LogP) is 3.15. The molecule has 2 saturated carbocycles. The smallest absolute Gasteiger partial charge is 0.455 e. The molecule has 3 aliphatic carbocycles. The maximum absolute atomic E-state index is 15.0. The second kappa shape index (κ2) is 10.4. The van der Waals surface area contributed by atoms with E-state index in [2.05, 4.69) is 0 Å². The number of aliphatic hydroxyl groups excluding tert-OH is 1. The number of esters is 2. The minimum Gasteiger partial charge on any atom is -0.455 e. The number of Topliss-reactive ketones (excluding diaryl/α,β-unsaturated/α-hetero) is 1. The van der Waals surface area contributed by atoms with Crippen LogP contribution >= 0.6 is 0 Å². The third-order valence-corrected chi connectivity index (χ3v) is 10.8. The number of rotatable bonds is 4. The summed E-state index contributed by atoms with van der Waals surface area (Å²) in [7, 11) is 1.15. The Bertz CT molecular complexity index is 1370. The van der Waals surface area contributed by atoms with Crippen molar-refractivity contribution in [2.24, 2.45) is 22.7 Å². The molecule has 1 saturated heterocycles. The van der Waals surface area contributed by atoms with Crippen LogP contribution in [0.2, 0.25) is 0 Å². The Morgan fingerprint density at radius 1 is 1.07 bits per heavy atom. The van der Waals surface area contributed by atoms with Crippen LogP contribution in [0.3, 0.4) is 0 Å². The summed E-state index contributed by atoms with van der Waals surface area (Å²) in [5.41, 5.74) is -5.64. The minimum absolute atomic E-state index is 0.161. The van der Waals surface area contributed by atoms with Crippen molar-refractivity contribution in [2.45, 2.75) is 90.0 Å². The number of carbonyl (C=O) groups is 4. The lowest BCUT2D eigenvalue weighted by Gasteiger charge is -2.67. The maximum Gasteiger partial charge on any atom is 0.508 e. The first-order valence-electron chi connectivity index (χ1n) is 14.5. The van der Waals surface area contributed by atoms with Crippen LogP contribution in [0.25, 0.3) is 0 Å². The van der Waals surface area contributed by atoms with E-state index in [0.29, 0.717) is 5.57 Å². The fourth-order valence-corrected chi connectivity index (χ4v) is 8.13. The van der Waals surface area contributed by atoms with Crippen LogP contribution in [0.15, 0.2) is 41.5 Å². The first-order chi connectivity index (χ1) is 20.1. The Morgan fingerprint density at radius 2 is 1.72 bits per heavy atom. The zero-order chi connectivity index (χ0) is 31.7. The molecule has 9 atom stereocenters. The molecule has 1 aromatic carbocycles. The fraction of sp³-hybridized carbons (Fsp3) is 0.625. The number of fused-ring (bicyclic) bond motifs is 5. The van der Waals surface area contributed by atoms with Crippen molar-refractivity contribution in [3.63, 3.8) is 0 Å². The van der Waals surface area contributed by atoms with Gasteiger partial charge in [-0.25, -0.2) is 9.59 Å². The van der Waals surface area contributed by atoms with Crippen molar-refractivity contribution in [2.75, 3.05) is 13.7 Å². The summed E-state index contributed by atoms with van der Waals surface area (Å²) in [6, 6.07) is 8.20. The molecule has 3 fully saturated rings. The van der Waals surface area contributed by atoms with Crippen LogP contribution in [-0.4, -0.2) is 83.4 Å². The van der Waals surface area contributed by atoms with Gasteiger partial charge in [0.1, 0.15) is 17.8 Å². The topological polar surface area (TPSA) is 155 Å². The second-order valence-electron chi connectivity index (χ2n) is 13.1. The van der Waals surface area contributed by atoms with Gasteiger partial charge in [0.25, 0.3) is 0 Å².